The molecule has 0 saturated heterocycles. The standard InChI is InChI=1S/C53H34N4/c1-53(2)41-22-10-5-16-33(41)34-28-27-31(29-42(34)53)50-38-20-6-11-23-43(38)54-52(55-50)57-46-26-14-9-21-39(46)48-47(57)30-40-36-18-8-13-25-45(36)56-44-24-12-7-17-35(44)32-15-3-4-19-37(32)49(48)51(40)56/h3-30H,1-2H3. The second-order valence-electron chi connectivity index (χ2n) is 16.1. The highest BCUT2D eigenvalue weighted by molar-refractivity contribution is 6.28. The first-order chi connectivity index (χ1) is 28.1. The number of para-hydroxylation sites is 4. The molecule has 13 rings (SSSR count). The molecule has 0 unspecified atom stereocenters. The molecule has 4 nitrogen and oxygen atoms in total. The average molecular weight is 727 g/mol. The molecule has 11 aromatic rings. The van der Waals surface area contributed by atoms with E-state index in [9.17, 15) is 0 Å². The Morgan fingerprint density at radius 2 is 1.07 bits per heavy atom. The minimum atomic E-state index is -0.124. The van der Waals surface area contributed by atoms with Crippen LogP contribution >= 0.6 is 0 Å². The summed E-state index contributed by atoms with van der Waals surface area (Å²) in [5.74, 6) is 0.665. The van der Waals surface area contributed by atoms with Crippen molar-refractivity contribution < 1.29 is 0 Å². The summed E-state index contributed by atoms with van der Waals surface area (Å²) >= 11 is 0. The number of benzene rings is 8. The van der Waals surface area contributed by atoms with E-state index in [-0.39, 0.29) is 5.41 Å². The van der Waals surface area contributed by atoms with E-state index >= 15 is 0 Å². The molecule has 0 N–H and O–H groups in total. The van der Waals surface area contributed by atoms with Crippen molar-refractivity contribution >= 4 is 54.5 Å². The fraction of sp³-hybridized carbons (Fsp3) is 0.0566. The molecule has 0 amide bonds. The molecule has 0 saturated carbocycles. The highest BCUT2D eigenvalue weighted by atomic mass is 15.2. The maximum Gasteiger partial charge on any atom is 0.235 e. The van der Waals surface area contributed by atoms with Crippen molar-refractivity contribution in [3.63, 3.8) is 0 Å². The van der Waals surface area contributed by atoms with Crippen LogP contribution in [0.25, 0.3) is 111 Å². The van der Waals surface area contributed by atoms with Gasteiger partial charge < -0.3 is 4.57 Å². The van der Waals surface area contributed by atoms with Gasteiger partial charge in [0.25, 0.3) is 0 Å². The van der Waals surface area contributed by atoms with Gasteiger partial charge in [0.15, 0.2) is 0 Å². The van der Waals surface area contributed by atoms with Gasteiger partial charge in [-0.3, -0.25) is 4.57 Å². The summed E-state index contributed by atoms with van der Waals surface area (Å²) in [5, 5.41) is 5.86. The number of hydrogen-bond acceptors (Lipinski definition) is 2. The Morgan fingerprint density at radius 3 is 1.91 bits per heavy atom. The molecular formula is C53H34N4. The molecule has 0 spiro atoms. The van der Waals surface area contributed by atoms with Crippen LogP contribution in [0.1, 0.15) is 25.0 Å². The average Bonchev–Trinajstić information content (AvgIpc) is 3.81. The van der Waals surface area contributed by atoms with Crippen molar-refractivity contribution in [3.05, 3.63) is 181 Å². The number of nitrogens with zero attached hydrogens (tertiary/aromatic N) is 4. The van der Waals surface area contributed by atoms with Crippen LogP contribution in [0.2, 0.25) is 0 Å². The summed E-state index contributed by atoms with van der Waals surface area (Å²) in [6.07, 6.45) is 0. The summed E-state index contributed by atoms with van der Waals surface area (Å²) in [5.41, 5.74) is 18.9. The third-order valence-electron chi connectivity index (χ3n) is 12.9. The van der Waals surface area contributed by atoms with E-state index < -0.39 is 0 Å². The normalized spacial score (nSPS) is 13.6. The van der Waals surface area contributed by atoms with Gasteiger partial charge in [-0.15, -0.1) is 0 Å². The maximum atomic E-state index is 5.60. The van der Waals surface area contributed by atoms with Crippen LogP contribution < -0.4 is 0 Å². The molecule has 1 aliphatic carbocycles. The molecule has 2 aliphatic rings. The van der Waals surface area contributed by atoms with E-state index in [1.807, 2.05) is 0 Å². The van der Waals surface area contributed by atoms with Crippen LogP contribution in [0.3, 0.4) is 0 Å². The zero-order valence-corrected chi connectivity index (χ0v) is 31.5. The lowest BCUT2D eigenvalue weighted by molar-refractivity contribution is 0.660. The molecule has 4 heteroatoms. The van der Waals surface area contributed by atoms with Crippen LogP contribution in [0.15, 0.2) is 170 Å². The molecule has 4 heterocycles. The number of rotatable bonds is 2. The van der Waals surface area contributed by atoms with E-state index in [4.69, 9.17) is 9.97 Å². The van der Waals surface area contributed by atoms with Gasteiger partial charge in [-0.25, -0.2) is 9.97 Å². The lowest BCUT2D eigenvalue weighted by Crippen LogP contribution is -2.15. The smallest absolute Gasteiger partial charge is 0.235 e. The fourth-order valence-electron chi connectivity index (χ4n) is 10.4. The van der Waals surface area contributed by atoms with Gasteiger partial charge in [0.1, 0.15) is 0 Å². The third kappa shape index (κ3) is 3.96. The summed E-state index contributed by atoms with van der Waals surface area (Å²) in [6.45, 7) is 4.68. The molecule has 0 bridgehead atoms. The molecule has 0 radical (unpaired) electrons. The van der Waals surface area contributed by atoms with Gasteiger partial charge in [0.05, 0.1) is 39.0 Å². The fourth-order valence-corrected chi connectivity index (χ4v) is 10.4. The number of aromatic nitrogens is 4. The lowest BCUT2D eigenvalue weighted by Gasteiger charge is -2.22. The predicted molar refractivity (Wildman–Crippen MR) is 236 cm³/mol. The Kier molecular flexibility index (Phi) is 5.94. The Morgan fingerprint density at radius 1 is 0.439 bits per heavy atom. The van der Waals surface area contributed by atoms with Crippen molar-refractivity contribution in [2.24, 2.45) is 0 Å². The lowest BCUT2D eigenvalue weighted by atomic mass is 9.82. The largest absolute Gasteiger partial charge is 0.308 e. The highest BCUT2D eigenvalue weighted by Gasteiger charge is 2.36. The van der Waals surface area contributed by atoms with Crippen molar-refractivity contribution in [2.75, 3.05) is 0 Å². The van der Waals surface area contributed by atoms with Crippen molar-refractivity contribution in [2.45, 2.75) is 19.3 Å². The summed E-state index contributed by atoms with van der Waals surface area (Å²) in [6, 6.07) is 62.0. The monoisotopic (exact) mass is 726 g/mol. The Labute approximate surface area is 328 Å². The van der Waals surface area contributed by atoms with Crippen molar-refractivity contribution in [1.82, 2.24) is 19.1 Å². The SMILES string of the molecule is CC1(C)c2ccccc2-c2ccc(-c3nc(-n4c5ccccc5c5c6c7c(cc54)c4ccccc4n7-c4ccccc4-c4ccccc4-6)nc4ccccc34)cc21. The quantitative estimate of drug-likeness (QED) is 0.178. The third-order valence-corrected chi connectivity index (χ3v) is 12.9. The summed E-state index contributed by atoms with van der Waals surface area (Å²) in [4.78, 5) is 11.0. The minimum absolute atomic E-state index is 0.124. The first kappa shape index (κ1) is 31.0. The Bertz CT molecular complexity index is 3560. The first-order valence-corrected chi connectivity index (χ1v) is 19.8. The maximum absolute atomic E-state index is 5.60. The predicted octanol–water partition coefficient (Wildman–Crippen LogP) is 13.4. The molecule has 266 valence electrons. The second kappa shape index (κ2) is 10.9. The molecule has 8 aromatic carbocycles. The van der Waals surface area contributed by atoms with Gasteiger partial charge in [0.2, 0.25) is 5.95 Å². The topological polar surface area (TPSA) is 35.6 Å². The van der Waals surface area contributed by atoms with Crippen molar-refractivity contribution in [1.29, 1.82) is 0 Å². The zero-order chi connectivity index (χ0) is 37.6. The van der Waals surface area contributed by atoms with Crippen LogP contribution in [0.5, 0.6) is 0 Å². The molecule has 57 heavy (non-hydrogen) atoms. The van der Waals surface area contributed by atoms with E-state index in [2.05, 4.69) is 193 Å². The molecular weight excluding hydrogens is 693 g/mol. The van der Waals surface area contributed by atoms with Gasteiger partial charge >= 0.3 is 0 Å². The molecule has 3 aromatic heterocycles. The minimum Gasteiger partial charge on any atom is -0.308 e. The zero-order valence-electron chi connectivity index (χ0n) is 31.5. The Balaban J connectivity index is 1.16. The van der Waals surface area contributed by atoms with Crippen LogP contribution in [-0.2, 0) is 5.41 Å². The summed E-state index contributed by atoms with van der Waals surface area (Å²) in [7, 11) is 0. The Hall–Kier alpha value is -7.30. The van der Waals surface area contributed by atoms with Gasteiger partial charge in [-0.2, -0.15) is 0 Å². The number of fused-ring (bicyclic) bond motifs is 16. The van der Waals surface area contributed by atoms with Crippen LogP contribution in [-0.4, -0.2) is 19.1 Å². The number of hydrogen-bond donors (Lipinski definition) is 0. The summed E-state index contributed by atoms with van der Waals surface area (Å²) < 4.78 is 4.82. The van der Waals surface area contributed by atoms with Gasteiger partial charge in [-0.1, -0.05) is 147 Å². The molecule has 0 fully saturated rings. The van der Waals surface area contributed by atoms with Crippen molar-refractivity contribution in [3.8, 4) is 56.3 Å². The van der Waals surface area contributed by atoms with E-state index in [1.165, 1.54) is 82.8 Å². The molecule has 0 atom stereocenters. The van der Waals surface area contributed by atoms with E-state index in [1.54, 1.807) is 0 Å². The van der Waals surface area contributed by atoms with E-state index in [0.717, 1.165) is 33.2 Å². The highest BCUT2D eigenvalue weighted by Crippen LogP contribution is 2.52. The van der Waals surface area contributed by atoms with Gasteiger partial charge in [0, 0.05) is 49.0 Å². The van der Waals surface area contributed by atoms with Gasteiger partial charge in [-0.05, 0) is 69.8 Å². The van der Waals surface area contributed by atoms with Crippen LogP contribution in [0.4, 0.5) is 0 Å². The van der Waals surface area contributed by atoms with E-state index in [0.29, 0.717) is 5.95 Å². The second-order valence-corrected chi connectivity index (χ2v) is 16.1. The molecule has 1 aliphatic heterocycles. The first-order valence-electron chi connectivity index (χ1n) is 19.8. The van der Waals surface area contributed by atoms with Crippen LogP contribution in [0, 0.1) is 0 Å².